The molecule has 0 aliphatic carbocycles. The van der Waals surface area contributed by atoms with Crippen LogP contribution >= 0.6 is 0 Å². The van der Waals surface area contributed by atoms with Gasteiger partial charge in [-0.1, -0.05) is 13.8 Å². The van der Waals surface area contributed by atoms with Crippen LogP contribution in [-0.4, -0.2) is 69.2 Å². The first-order valence-corrected chi connectivity index (χ1v) is 8.50. The zero-order valence-corrected chi connectivity index (χ0v) is 15.2. The summed E-state index contributed by atoms with van der Waals surface area (Å²) < 4.78 is 1.60. The van der Waals surface area contributed by atoms with E-state index in [4.69, 9.17) is 5.11 Å². The molecule has 25 heavy (non-hydrogen) atoms. The summed E-state index contributed by atoms with van der Waals surface area (Å²) in [4.78, 5) is 39.2. The Balaban J connectivity index is 2.03. The Bertz CT molecular complexity index is 668. The van der Waals surface area contributed by atoms with Crippen molar-refractivity contribution >= 4 is 17.8 Å². The fourth-order valence-electron chi connectivity index (χ4n) is 3.08. The summed E-state index contributed by atoms with van der Waals surface area (Å²) in [5.74, 6) is -1.78. The highest BCUT2D eigenvalue weighted by Gasteiger charge is 2.29. The molecular weight excluding hydrogens is 324 g/mol. The Labute approximate surface area is 147 Å². The quantitative estimate of drug-likeness (QED) is 0.852. The maximum atomic E-state index is 12.7. The monoisotopic (exact) mass is 350 g/mol. The van der Waals surface area contributed by atoms with Crippen molar-refractivity contribution in [2.24, 2.45) is 13.0 Å². The molecule has 1 aromatic heterocycles. The Morgan fingerprint density at radius 1 is 1.40 bits per heavy atom. The number of aliphatic carboxylic acids is 1. The molecule has 1 unspecified atom stereocenters. The van der Waals surface area contributed by atoms with Gasteiger partial charge < -0.3 is 14.9 Å². The molecule has 1 aliphatic rings. The number of carbonyl (C=O) groups excluding carboxylic acids is 2. The van der Waals surface area contributed by atoms with Crippen LogP contribution in [0.25, 0.3) is 0 Å². The molecule has 1 aliphatic heterocycles. The molecule has 1 N–H and O–H groups in total. The Morgan fingerprint density at radius 3 is 2.68 bits per heavy atom. The lowest BCUT2D eigenvalue weighted by atomic mass is 9.98. The predicted octanol–water partition coefficient (Wildman–Crippen LogP) is 0.939. The van der Waals surface area contributed by atoms with Gasteiger partial charge in [-0.2, -0.15) is 5.10 Å². The summed E-state index contributed by atoms with van der Waals surface area (Å²) in [5, 5.41) is 13.5. The van der Waals surface area contributed by atoms with Gasteiger partial charge in [0.15, 0.2) is 0 Å². The second kappa shape index (κ2) is 7.67. The van der Waals surface area contributed by atoms with Crippen LogP contribution < -0.4 is 0 Å². The van der Waals surface area contributed by atoms with Crippen LogP contribution in [0.2, 0.25) is 0 Å². The smallest absolute Gasteiger partial charge is 0.308 e. The van der Waals surface area contributed by atoms with Crippen molar-refractivity contribution in [2.45, 2.75) is 32.6 Å². The van der Waals surface area contributed by atoms with Gasteiger partial charge in [0.1, 0.15) is 0 Å². The number of amides is 2. The molecule has 2 amide bonds. The summed E-state index contributed by atoms with van der Waals surface area (Å²) in [7, 11) is 3.34. The lowest BCUT2D eigenvalue weighted by Crippen LogP contribution is -2.47. The standard InChI is InChI=1S/C17H26N4O4/c1-11(2)15-13(9-20(4)18-15)16(23)19(3)10-14(22)21-7-5-6-12(8-21)17(24)25/h9,11-12H,5-8,10H2,1-4H3,(H,24,25). The highest BCUT2D eigenvalue weighted by Crippen LogP contribution is 2.20. The average Bonchev–Trinajstić information content (AvgIpc) is 2.96. The molecule has 2 rings (SSSR count). The van der Waals surface area contributed by atoms with Crippen LogP contribution in [0, 0.1) is 5.92 Å². The number of aryl methyl sites for hydroxylation is 1. The van der Waals surface area contributed by atoms with Crippen LogP contribution in [0.3, 0.4) is 0 Å². The number of piperidine rings is 1. The summed E-state index contributed by atoms with van der Waals surface area (Å²) in [6.07, 6.45) is 2.92. The molecule has 0 saturated carbocycles. The second-order valence-electron chi connectivity index (χ2n) is 6.93. The number of aromatic nitrogens is 2. The van der Waals surface area contributed by atoms with E-state index in [-0.39, 0.29) is 30.8 Å². The van der Waals surface area contributed by atoms with Crippen LogP contribution in [-0.2, 0) is 16.6 Å². The Morgan fingerprint density at radius 2 is 2.08 bits per heavy atom. The third-order valence-electron chi connectivity index (χ3n) is 4.48. The SMILES string of the molecule is CC(C)c1nn(C)cc1C(=O)N(C)CC(=O)N1CCCC(C(=O)O)C1. The van der Waals surface area contributed by atoms with E-state index >= 15 is 0 Å². The molecule has 0 spiro atoms. The lowest BCUT2D eigenvalue weighted by Gasteiger charge is -2.32. The predicted molar refractivity (Wildman–Crippen MR) is 91.2 cm³/mol. The molecule has 0 aromatic carbocycles. The number of nitrogens with zero attached hydrogens (tertiary/aromatic N) is 4. The van der Waals surface area contributed by atoms with Crippen molar-refractivity contribution in [1.29, 1.82) is 0 Å². The van der Waals surface area contributed by atoms with Gasteiger partial charge in [0.2, 0.25) is 5.91 Å². The number of carbonyl (C=O) groups is 3. The van der Waals surface area contributed by atoms with Gasteiger partial charge in [-0.3, -0.25) is 19.1 Å². The zero-order chi connectivity index (χ0) is 18.7. The topological polar surface area (TPSA) is 95.7 Å². The molecule has 0 radical (unpaired) electrons. The van der Waals surface area contributed by atoms with Gasteiger partial charge in [-0.15, -0.1) is 0 Å². The molecule has 138 valence electrons. The minimum Gasteiger partial charge on any atom is -0.481 e. The summed E-state index contributed by atoms with van der Waals surface area (Å²) in [6.45, 7) is 4.60. The molecular formula is C17H26N4O4. The summed E-state index contributed by atoms with van der Waals surface area (Å²) in [5.41, 5.74) is 1.20. The van der Waals surface area contributed by atoms with Crippen molar-refractivity contribution in [2.75, 3.05) is 26.7 Å². The number of likely N-dealkylation sites (N-methyl/N-ethyl adjacent to an activating group) is 1. The van der Waals surface area contributed by atoms with E-state index in [1.807, 2.05) is 13.8 Å². The molecule has 8 nitrogen and oxygen atoms in total. The maximum Gasteiger partial charge on any atom is 0.308 e. The van der Waals surface area contributed by atoms with Gasteiger partial charge in [-0.05, 0) is 18.8 Å². The molecule has 1 fully saturated rings. The van der Waals surface area contributed by atoms with Gasteiger partial charge in [0.25, 0.3) is 5.91 Å². The van der Waals surface area contributed by atoms with Gasteiger partial charge >= 0.3 is 5.97 Å². The third kappa shape index (κ3) is 4.37. The number of carboxylic acids is 1. The number of rotatable bonds is 5. The van der Waals surface area contributed by atoms with Crippen LogP contribution in [0.5, 0.6) is 0 Å². The molecule has 2 heterocycles. The average molecular weight is 350 g/mol. The highest BCUT2D eigenvalue weighted by atomic mass is 16.4. The number of likely N-dealkylation sites (tertiary alicyclic amines) is 1. The fraction of sp³-hybridized carbons (Fsp3) is 0.647. The first-order chi connectivity index (χ1) is 11.7. The van der Waals surface area contributed by atoms with Gasteiger partial charge in [0.05, 0.1) is 23.7 Å². The molecule has 0 bridgehead atoms. The summed E-state index contributed by atoms with van der Waals surface area (Å²) >= 11 is 0. The molecule has 8 heteroatoms. The Hall–Kier alpha value is -2.38. The first-order valence-electron chi connectivity index (χ1n) is 8.50. The van der Waals surface area contributed by atoms with E-state index in [9.17, 15) is 14.4 Å². The highest BCUT2D eigenvalue weighted by molar-refractivity contribution is 5.97. The van der Waals surface area contributed by atoms with E-state index in [0.29, 0.717) is 30.6 Å². The van der Waals surface area contributed by atoms with E-state index in [1.165, 1.54) is 4.90 Å². The van der Waals surface area contributed by atoms with E-state index < -0.39 is 11.9 Å². The van der Waals surface area contributed by atoms with Crippen LogP contribution in [0.1, 0.15) is 48.7 Å². The molecule has 1 atom stereocenters. The van der Waals surface area contributed by atoms with Crippen molar-refractivity contribution in [3.8, 4) is 0 Å². The normalized spacial score (nSPS) is 17.6. The van der Waals surface area contributed by atoms with Crippen LogP contribution in [0.15, 0.2) is 6.20 Å². The maximum absolute atomic E-state index is 12.7. The third-order valence-corrected chi connectivity index (χ3v) is 4.48. The second-order valence-corrected chi connectivity index (χ2v) is 6.93. The number of carboxylic acid groups (broad SMARTS) is 1. The molecule has 1 aromatic rings. The largest absolute Gasteiger partial charge is 0.481 e. The first kappa shape index (κ1) is 19.0. The van der Waals surface area contributed by atoms with E-state index in [0.717, 1.165) is 0 Å². The fourth-order valence-corrected chi connectivity index (χ4v) is 3.08. The number of hydrogen-bond acceptors (Lipinski definition) is 4. The van der Waals surface area contributed by atoms with Crippen molar-refractivity contribution < 1.29 is 19.5 Å². The van der Waals surface area contributed by atoms with Crippen molar-refractivity contribution in [3.63, 3.8) is 0 Å². The Kier molecular flexibility index (Phi) is 5.81. The lowest BCUT2D eigenvalue weighted by molar-refractivity contribution is -0.145. The van der Waals surface area contributed by atoms with Crippen molar-refractivity contribution in [1.82, 2.24) is 19.6 Å². The van der Waals surface area contributed by atoms with Crippen LogP contribution in [0.4, 0.5) is 0 Å². The van der Waals surface area contributed by atoms with E-state index in [1.54, 1.807) is 29.9 Å². The van der Waals surface area contributed by atoms with Gasteiger partial charge in [0, 0.05) is 33.4 Å². The number of hydrogen-bond donors (Lipinski definition) is 1. The van der Waals surface area contributed by atoms with E-state index in [2.05, 4.69) is 5.10 Å². The zero-order valence-electron chi connectivity index (χ0n) is 15.2. The summed E-state index contributed by atoms with van der Waals surface area (Å²) in [6, 6.07) is 0. The minimum atomic E-state index is -0.876. The minimum absolute atomic E-state index is 0.0718. The van der Waals surface area contributed by atoms with Gasteiger partial charge in [-0.25, -0.2) is 0 Å². The van der Waals surface area contributed by atoms with Crippen molar-refractivity contribution in [3.05, 3.63) is 17.5 Å². The molecule has 1 saturated heterocycles.